The van der Waals surface area contributed by atoms with Crippen molar-refractivity contribution in [2.75, 3.05) is 31.5 Å². The molecule has 1 aromatic carbocycles. The minimum Gasteiger partial charge on any atom is -0.481 e. The minimum atomic E-state index is -0.833. The third-order valence-corrected chi connectivity index (χ3v) is 6.31. The van der Waals surface area contributed by atoms with Gasteiger partial charge in [0, 0.05) is 42.7 Å². The van der Waals surface area contributed by atoms with Crippen LogP contribution in [0.5, 0.6) is 0 Å². The van der Waals surface area contributed by atoms with Crippen LogP contribution in [0.2, 0.25) is 0 Å². The molecule has 0 saturated heterocycles. The highest BCUT2D eigenvalue weighted by molar-refractivity contribution is 6.36. The quantitative estimate of drug-likeness (QED) is 0.466. The van der Waals surface area contributed by atoms with Crippen LogP contribution in [0.1, 0.15) is 66.5 Å². The molecule has 1 aromatic heterocycles. The first-order valence-corrected chi connectivity index (χ1v) is 11.9. The van der Waals surface area contributed by atoms with E-state index in [1.165, 1.54) is 12.1 Å². The number of carboxylic acids is 1. The second-order valence-corrected chi connectivity index (χ2v) is 8.63. The molecule has 4 N–H and O–H groups in total. The third-order valence-electron chi connectivity index (χ3n) is 6.31. The van der Waals surface area contributed by atoms with Crippen molar-refractivity contribution in [3.05, 3.63) is 52.1 Å². The van der Waals surface area contributed by atoms with E-state index in [4.69, 9.17) is 9.90 Å². The summed E-state index contributed by atoms with van der Waals surface area (Å²) in [6, 6.07) is 4.34. The van der Waals surface area contributed by atoms with Gasteiger partial charge in [0.1, 0.15) is 5.82 Å². The van der Waals surface area contributed by atoms with Crippen molar-refractivity contribution >= 4 is 34.6 Å². The highest BCUT2D eigenvalue weighted by Crippen LogP contribution is 2.43. The zero-order chi connectivity index (χ0) is 25.7. The first-order valence-electron chi connectivity index (χ1n) is 11.9. The number of allylic oxidation sites excluding steroid dienone is 1. The molecule has 0 saturated carbocycles. The van der Waals surface area contributed by atoms with Crippen LogP contribution in [0.15, 0.2) is 18.2 Å². The first-order chi connectivity index (χ1) is 16.7. The van der Waals surface area contributed by atoms with Crippen molar-refractivity contribution in [3.63, 3.8) is 0 Å². The van der Waals surface area contributed by atoms with Gasteiger partial charge in [-0.25, -0.2) is 4.39 Å². The maximum atomic E-state index is 13.9. The van der Waals surface area contributed by atoms with Crippen LogP contribution in [-0.2, 0) is 16.0 Å². The fraction of sp³-hybridized carbons (Fsp3) is 0.423. The van der Waals surface area contributed by atoms with Crippen LogP contribution < -0.4 is 10.6 Å². The molecule has 1 aliphatic heterocycles. The number of hydrogen-bond acceptors (Lipinski definition) is 4. The summed E-state index contributed by atoms with van der Waals surface area (Å²) in [5, 5.41) is 13.3. The molecule has 0 fully saturated rings. The van der Waals surface area contributed by atoms with E-state index in [0.29, 0.717) is 35.4 Å². The summed E-state index contributed by atoms with van der Waals surface area (Å²) in [6.45, 7) is 10.5. The fourth-order valence-corrected chi connectivity index (χ4v) is 4.70. The molecule has 2 aromatic rings. The number of carboxylic acid groups (broad SMARTS) is 1. The molecule has 2 heterocycles. The van der Waals surface area contributed by atoms with Gasteiger partial charge in [0.05, 0.1) is 11.1 Å². The fourth-order valence-electron chi connectivity index (χ4n) is 4.70. The molecule has 0 unspecified atom stereocenters. The van der Waals surface area contributed by atoms with Crippen LogP contribution in [0.25, 0.3) is 11.1 Å². The molecule has 2 aliphatic rings. The smallest absolute Gasteiger partial charge is 0.300 e. The van der Waals surface area contributed by atoms with Crippen LogP contribution >= 0.6 is 0 Å². The van der Waals surface area contributed by atoms with Crippen molar-refractivity contribution in [2.24, 2.45) is 0 Å². The summed E-state index contributed by atoms with van der Waals surface area (Å²) in [7, 11) is 0. The highest BCUT2D eigenvalue weighted by Gasteiger charge is 2.33. The SMILES string of the molecule is CC(=O)O.CCN(CC)CCNC(=O)c1c(C)[nH]c2c1CCCC2=C1C(=O)Nc2ccc(F)cc21. The van der Waals surface area contributed by atoms with Crippen molar-refractivity contribution < 1.29 is 23.9 Å². The molecule has 0 spiro atoms. The Morgan fingerprint density at radius 2 is 1.89 bits per heavy atom. The molecule has 35 heavy (non-hydrogen) atoms. The lowest BCUT2D eigenvalue weighted by Crippen LogP contribution is -2.35. The summed E-state index contributed by atoms with van der Waals surface area (Å²) in [5.41, 5.74) is 5.82. The van der Waals surface area contributed by atoms with Crippen molar-refractivity contribution in [1.29, 1.82) is 0 Å². The Bertz CT molecular complexity index is 1160. The molecule has 0 bridgehead atoms. The topological polar surface area (TPSA) is 115 Å². The number of benzene rings is 1. The number of anilines is 1. The zero-order valence-corrected chi connectivity index (χ0v) is 20.7. The summed E-state index contributed by atoms with van der Waals surface area (Å²) >= 11 is 0. The van der Waals surface area contributed by atoms with Gasteiger partial charge < -0.3 is 25.6 Å². The van der Waals surface area contributed by atoms with Gasteiger partial charge in [-0.1, -0.05) is 13.8 Å². The van der Waals surface area contributed by atoms with Gasteiger partial charge >= 0.3 is 0 Å². The second-order valence-electron chi connectivity index (χ2n) is 8.63. The van der Waals surface area contributed by atoms with Crippen LogP contribution in [0, 0.1) is 12.7 Å². The van der Waals surface area contributed by atoms with E-state index < -0.39 is 5.97 Å². The lowest BCUT2D eigenvalue weighted by Gasteiger charge is -2.19. The Labute approximate surface area is 204 Å². The van der Waals surface area contributed by atoms with Gasteiger partial charge in [-0.2, -0.15) is 0 Å². The second kappa shape index (κ2) is 11.3. The molecule has 0 atom stereocenters. The minimum absolute atomic E-state index is 0.0873. The summed E-state index contributed by atoms with van der Waals surface area (Å²) < 4.78 is 13.9. The number of hydrogen-bond donors (Lipinski definition) is 4. The molecule has 188 valence electrons. The molecular weight excluding hydrogens is 451 g/mol. The van der Waals surface area contributed by atoms with Gasteiger partial charge in [-0.3, -0.25) is 14.4 Å². The standard InChI is InChI=1S/C24H29FN4O2.C2H4O2/c1-4-29(5-2)12-11-26-23(30)20-14(3)27-22-16(20)7-6-8-17(22)21-18-13-15(25)9-10-19(18)28-24(21)31;1-2(3)4/h9-10,13,27H,4-8,11-12H2,1-3H3,(H,26,30)(H,28,31);1H3,(H,3,4). The van der Waals surface area contributed by atoms with Crippen molar-refractivity contribution in [1.82, 2.24) is 15.2 Å². The number of aromatic amines is 1. The van der Waals surface area contributed by atoms with Crippen LogP contribution in [-0.4, -0.2) is 59.0 Å². The molecule has 1 aliphatic carbocycles. The predicted octanol–water partition coefficient (Wildman–Crippen LogP) is 3.82. The van der Waals surface area contributed by atoms with E-state index in [1.807, 2.05) is 6.92 Å². The van der Waals surface area contributed by atoms with Gasteiger partial charge in [0.2, 0.25) is 0 Å². The number of aliphatic carboxylic acids is 1. The molecule has 8 nitrogen and oxygen atoms in total. The summed E-state index contributed by atoms with van der Waals surface area (Å²) in [6.07, 6.45) is 2.31. The predicted molar refractivity (Wildman–Crippen MR) is 134 cm³/mol. The van der Waals surface area contributed by atoms with Gasteiger partial charge in [0.15, 0.2) is 0 Å². The number of aryl methyl sites for hydroxylation is 1. The number of aromatic nitrogens is 1. The first kappa shape index (κ1) is 26.2. The van der Waals surface area contributed by atoms with E-state index in [2.05, 4.69) is 34.4 Å². The molecule has 0 radical (unpaired) electrons. The number of rotatable bonds is 6. The monoisotopic (exact) mass is 484 g/mol. The Hall–Kier alpha value is -3.46. The lowest BCUT2D eigenvalue weighted by molar-refractivity contribution is -0.134. The maximum absolute atomic E-state index is 13.9. The van der Waals surface area contributed by atoms with E-state index in [1.54, 1.807) is 6.07 Å². The van der Waals surface area contributed by atoms with E-state index >= 15 is 0 Å². The third kappa shape index (κ3) is 5.79. The van der Waals surface area contributed by atoms with E-state index in [-0.39, 0.29) is 17.6 Å². The zero-order valence-electron chi connectivity index (χ0n) is 20.7. The van der Waals surface area contributed by atoms with Gasteiger partial charge in [0.25, 0.3) is 17.8 Å². The lowest BCUT2D eigenvalue weighted by atomic mass is 9.86. The van der Waals surface area contributed by atoms with Crippen molar-refractivity contribution in [3.8, 4) is 0 Å². The Morgan fingerprint density at radius 1 is 1.20 bits per heavy atom. The maximum Gasteiger partial charge on any atom is 0.300 e. The Kier molecular flexibility index (Phi) is 8.45. The van der Waals surface area contributed by atoms with Crippen LogP contribution in [0.3, 0.4) is 0 Å². The number of amides is 2. The number of nitrogens with one attached hydrogen (secondary N) is 3. The number of likely N-dealkylation sites (N-methyl/N-ethyl adjacent to an activating group) is 1. The average molecular weight is 485 g/mol. The molecule has 2 amide bonds. The van der Waals surface area contributed by atoms with Crippen LogP contribution in [0.4, 0.5) is 10.1 Å². The number of fused-ring (bicyclic) bond motifs is 2. The number of halogens is 1. The molecule has 4 rings (SSSR count). The molecule has 9 heteroatoms. The normalized spacial score (nSPS) is 16.2. The highest BCUT2D eigenvalue weighted by atomic mass is 19.1. The largest absolute Gasteiger partial charge is 0.481 e. The summed E-state index contributed by atoms with van der Waals surface area (Å²) in [5.74, 6) is -1.52. The number of H-pyrrole nitrogens is 1. The average Bonchev–Trinajstić information content (AvgIpc) is 3.31. The summed E-state index contributed by atoms with van der Waals surface area (Å²) in [4.78, 5) is 40.4. The Morgan fingerprint density at radius 3 is 2.54 bits per heavy atom. The number of carbonyl (C=O) groups excluding carboxylic acids is 2. The Balaban J connectivity index is 0.000000795. The number of carbonyl (C=O) groups is 3. The number of nitrogens with zero attached hydrogens (tertiary/aromatic N) is 1. The van der Waals surface area contributed by atoms with E-state index in [0.717, 1.165) is 61.9 Å². The van der Waals surface area contributed by atoms with Gasteiger partial charge in [-0.05, 0) is 68.6 Å². The van der Waals surface area contributed by atoms with Crippen molar-refractivity contribution in [2.45, 2.75) is 47.0 Å². The van der Waals surface area contributed by atoms with Gasteiger partial charge in [-0.15, -0.1) is 0 Å². The molecular formula is C26H33FN4O4. The van der Waals surface area contributed by atoms with E-state index in [9.17, 15) is 14.0 Å².